The van der Waals surface area contributed by atoms with Gasteiger partial charge in [-0.2, -0.15) is 0 Å². The highest BCUT2D eigenvalue weighted by Gasteiger charge is 2.18. The fourth-order valence-corrected chi connectivity index (χ4v) is 3.52. The summed E-state index contributed by atoms with van der Waals surface area (Å²) in [6, 6.07) is 18.8. The summed E-state index contributed by atoms with van der Waals surface area (Å²) in [6.45, 7) is 0. The van der Waals surface area contributed by atoms with Crippen LogP contribution in [0.2, 0.25) is 5.02 Å². The van der Waals surface area contributed by atoms with E-state index in [9.17, 15) is 13.2 Å². The maximum absolute atomic E-state index is 12.7. The maximum atomic E-state index is 12.7. The molecule has 0 spiro atoms. The number of carbonyl (C=O) groups excluding carboxylic acids is 1. The van der Waals surface area contributed by atoms with Crippen LogP contribution in [-0.4, -0.2) is 14.3 Å². The number of anilines is 1. The number of para-hydroxylation sites is 1. The van der Waals surface area contributed by atoms with Gasteiger partial charge in [-0.3, -0.25) is 9.52 Å². The number of primary amides is 1. The predicted molar refractivity (Wildman–Crippen MR) is 104 cm³/mol. The predicted octanol–water partition coefficient (Wildman–Crippen LogP) is 4.03. The topological polar surface area (TPSA) is 98.5 Å². The second-order valence-corrected chi connectivity index (χ2v) is 7.67. The van der Waals surface area contributed by atoms with Crippen molar-refractivity contribution in [3.05, 3.63) is 83.4 Å². The van der Waals surface area contributed by atoms with E-state index >= 15 is 0 Å². The van der Waals surface area contributed by atoms with E-state index in [1.54, 1.807) is 36.4 Å². The normalized spacial score (nSPS) is 11.0. The number of nitrogens with one attached hydrogen (secondary N) is 1. The van der Waals surface area contributed by atoms with Crippen LogP contribution in [0.5, 0.6) is 11.5 Å². The number of amides is 1. The van der Waals surface area contributed by atoms with Gasteiger partial charge in [0.1, 0.15) is 5.75 Å². The first-order valence-electron chi connectivity index (χ1n) is 7.80. The Bertz CT molecular complexity index is 1070. The first kappa shape index (κ1) is 18.8. The highest BCUT2D eigenvalue weighted by molar-refractivity contribution is 7.92. The molecular weight excluding hydrogens is 388 g/mol. The van der Waals surface area contributed by atoms with E-state index < -0.39 is 15.9 Å². The quantitative estimate of drug-likeness (QED) is 0.650. The molecule has 0 saturated heterocycles. The van der Waals surface area contributed by atoms with E-state index in [1.165, 1.54) is 30.3 Å². The lowest BCUT2D eigenvalue weighted by Crippen LogP contribution is -2.15. The molecule has 0 bridgehead atoms. The highest BCUT2D eigenvalue weighted by Crippen LogP contribution is 2.33. The van der Waals surface area contributed by atoms with Crippen LogP contribution in [0, 0.1) is 0 Å². The van der Waals surface area contributed by atoms with Gasteiger partial charge in [0.2, 0.25) is 5.91 Å². The molecule has 0 fully saturated rings. The molecule has 0 atom stereocenters. The Labute approximate surface area is 161 Å². The van der Waals surface area contributed by atoms with Crippen LogP contribution in [0.15, 0.2) is 77.7 Å². The van der Waals surface area contributed by atoms with E-state index in [0.29, 0.717) is 16.5 Å². The number of carbonyl (C=O) groups is 1. The summed E-state index contributed by atoms with van der Waals surface area (Å²) in [4.78, 5) is 11.1. The molecule has 0 aliphatic carbocycles. The second kappa shape index (κ2) is 7.69. The minimum atomic E-state index is -3.93. The summed E-state index contributed by atoms with van der Waals surface area (Å²) in [5.41, 5.74) is 5.57. The van der Waals surface area contributed by atoms with Crippen molar-refractivity contribution < 1.29 is 17.9 Å². The van der Waals surface area contributed by atoms with Gasteiger partial charge in [-0.05, 0) is 54.6 Å². The fourth-order valence-electron chi connectivity index (χ4n) is 2.29. The van der Waals surface area contributed by atoms with E-state index in [2.05, 4.69) is 4.72 Å². The van der Waals surface area contributed by atoms with Crippen LogP contribution in [0.3, 0.4) is 0 Å². The summed E-state index contributed by atoms with van der Waals surface area (Å²) in [5, 5.41) is 0.345. The van der Waals surface area contributed by atoms with Crippen LogP contribution in [0.4, 0.5) is 5.69 Å². The molecule has 0 saturated carbocycles. The Morgan fingerprint density at radius 2 is 1.63 bits per heavy atom. The Balaban J connectivity index is 1.91. The summed E-state index contributed by atoms with van der Waals surface area (Å²) >= 11 is 6.01. The average molecular weight is 403 g/mol. The largest absolute Gasteiger partial charge is 0.455 e. The minimum Gasteiger partial charge on any atom is -0.455 e. The Kier molecular flexibility index (Phi) is 5.34. The third-order valence-corrected chi connectivity index (χ3v) is 5.22. The monoisotopic (exact) mass is 402 g/mol. The first-order valence-corrected chi connectivity index (χ1v) is 9.66. The van der Waals surface area contributed by atoms with Gasteiger partial charge in [-0.25, -0.2) is 8.42 Å². The molecule has 27 heavy (non-hydrogen) atoms. The van der Waals surface area contributed by atoms with Gasteiger partial charge in [0, 0.05) is 10.6 Å². The van der Waals surface area contributed by atoms with Crippen molar-refractivity contribution in [2.24, 2.45) is 5.73 Å². The number of hydrogen-bond acceptors (Lipinski definition) is 4. The van der Waals surface area contributed by atoms with Gasteiger partial charge in [0.25, 0.3) is 10.0 Å². The number of nitrogens with two attached hydrogens (primary N) is 1. The smallest absolute Gasteiger partial charge is 0.262 e. The SMILES string of the molecule is NC(=O)c1ccc(S(=O)(=O)Nc2cc(Cl)ccc2Oc2ccccc2)cc1. The number of benzene rings is 3. The van der Waals surface area contributed by atoms with Crippen molar-refractivity contribution in [3.8, 4) is 11.5 Å². The molecule has 0 aliphatic rings. The summed E-state index contributed by atoms with van der Waals surface area (Å²) < 4.78 is 33.6. The lowest BCUT2D eigenvalue weighted by atomic mass is 10.2. The molecule has 3 rings (SSSR count). The number of hydrogen-bond donors (Lipinski definition) is 2. The highest BCUT2D eigenvalue weighted by atomic mass is 35.5. The maximum Gasteiger partial charge on any atom is 0.262 e. The standard InChI is InChI=1S/C19H15ClN2O4S/c20-14-8-11-18(26-15-4-2-1-3-5-15)17(12-14)22-27(24,25)16-9-6-13(7-10-16)19(21)23/h1-12,22H,(H2,21,23). The number of halogens is 1. The third-order valence-electron chi connectivity index (χ3n) is 3.61. The van der Waals surface area contributed by atoms with E-state index in [-0.39, 0.29) is 16.1 Å². The first-order chi connectivity index (χ1) is 12.8. The molecule has 3 aromatic carbocycles. The van der Waals surface area contributed by atoms with Crippen molar-refractivity contribution in [2.45, 2.75) is 4.90 Å². The van der Waals surface area contributed by atoms with E-state index in [1.807, 2.05) is 6.07 Å². The Hall–Kier alpha value is -3.03. The van der Waals surface area contributed by atoms with Gasteiger partial charge >= 0.3 is 0 Å². The lowest BCUT2D eigenvalue weighted by molar-refractivity contribution is 0.1000. The molecule has 8 heteroatoms. The van der Waals surface area contributed by atoms with Crippen molar-refractivity contribution in [3.63, 3.8) is 0 Å². The van der Waals surface area contributed by atoms with Crippen LogP contribution in [0.25, 0.3) is 0 Å². The van der Waals surface area contributed by atoms with Crippen molar-refractivity contribution in [1.29, 1.82) is 0 Å². The van der Waals surface area contributed by atoms with Crippen molar-refractivity contribution in [2.75, 3.05) is 4.72 Å². The molecule has 0 unspecified atom stereocenters. The van der Waals surface area contributed by atoms with Gasteiger partial charge in [-0.15, -0.1) is 0 Å². The number of ether oxygens (including phenoxy) is 1. The Morgan fingerprint density at radius 3 is 2.26 bits per heavy atom. The van der Waals surface area contributed by atoms with Crippen LogP contribution >= 0.6 is 11.6 Å². The zero-order valence-corrected chi connectivity index (χ0v) is 15.5. The number of rotatable bonds is 6. The van der Waals surface area contributed by atoms with Gasteiger partial charge < -0.3 is 10.5 Å². The van der Waals surface area contributed by atoms with Crippen LogP contribution in [0.1, 0.15) is 10.4 Å². The average Bonchev–Trinajstić information content (AvgIpc) is 2.64. The van der Waals surface area contributed by atoms with Crippen LogP contribution in [-0.2, 0) is 10.0 Å². The van der Waals surface area contributed by atoms with Gasteiger partial charge in [0.05, 0.1) is 10.6 Å². The molecule has 0 radical (unpaired) electrons. The zero-order valence-electron chi connectivity index (χ0n) is 13.9. The molecule has 1 amide bonds. The van der Waals surface area contributed by atoms with Gasteiger partial charge in [0.15, 0.2) is 5.75 Å². The van der Waals surface area contributed by atoms with E-state index in [0.717, 1.165) is 0 Å². The second-order valence-electron chi connectivity index (χ2n) is 5.55. The minimum absolute atomic E-state index is 0.0295. The van der Waals surface area contributed by atoms with E-state index in [4.69, 9.17) is 22.1 Å². The van der Waals surface area contributed by atoms with Crippen molar-refractivity contribution >= 4 is 33.2 Å². The zero-order chi connectivity index (χ0) is 19.4. The molecule has 0 aliphatic heterocycles. The summed E-state index contributed by atoms with van der Waals surface area (Å²) in [7, 11) is -3.93. The molecule has 3 N–H and O–H groups in total. The van der Waals surface area contributed by atoms with Gasteiger partial charge in [-0.1, -0.05) is 29.8 Å². The van der Waals surface area contributed by atoms with Crippen LogP contribution < -0.4 is 15.2 Å². The molecule has 0 heterocycles. The molecule has 3 aromatic rings. The number of sulfonamides is 1. The molecule has 138 valence electrons. The third kappa shape index (κ3) is 4.58. The summed E-state index contributed by atoms with van der Waals surface area (Å²) in [5.74, 6) is 0.203. The summed E-state index contributed by atoms with van der Waals surface area (Å²) in [6.07, 6.45) is 0. The Morgan fingerprint density at radius 1 is 0.963 bits per heavy atom. The fraction of sp³-hybridized carbons (Fsp3) is 0. The lowest BCUT2D eigenvalue weighted by Gasteiger charge is -2.14. The molecule has 6 nitrogen and oxygen atoms in total. The van der Waals surface area contributed by atoms with Crippen molar-refractivity contribution in [1.82, 2.24) is 0 Å². The molecule has 0 aromatic heterocycles. The molecular formula is C19H15ClN2O4S.